The normalized spacial score (nSPS) is 11.2. The van der Waals surface area contributed by atoms with E-state index < -0.39 is 9.84 Å². The number of sulfone groups is 1. The Hall–Kier alpha value is -1.97. The maximum Gasteiger partial charge on any atom is 0.206 e. The average Bonchev–Trinajstić information content (AvgIpc) is 2.59. The van der Waals surface area contributed by atoms with E-state index in [9.17, 15) is 8.42 Å². The van der Waals surface area contributed by atoms with Crippen LogP contribution in [0.5, 0.6) is 0 Å². The van der Waals surface area contributed by atoms with Gasteiger partial charge in [-0.2, -0.15) is 0 Å². The molecule has 6 nitrogen and oxygen atoms in total. The highest BCUT2D eigenvalue weighted by atomic mass is 32.2. The number of benzene rings is 2. The van der Waals surface area contributed by atoms with Crippen molar-refractivity contribution < 1.29 is 8.42 Å². The van der Waals surface area contributed by atoms with E-state index in [0.717, 1.165) is 11.1 Å². The molecule has 0 atom stereocenters. The van der Waals surface area contributed by atoms with E-state index in [-0.39, 0.29) is 20.1 Å². The SMILES string of the molecule is N=C(N)SCc1ccc(S(=O)(=O)c2ccc(CSC(=N)N)cc2)cc1. The maximum atomic E-state index is 12.7. The summed E-state index contributed by atoms with van der Waals surface area (Å²) in [6.07, 6.45) is 0. The summed E-state index contributed by atoms with van der Waals surface area (Å²) >= 11 is 2.38. The minimum atomic E-state index is -3.58. The van der Waals surface area contributed by atoms with Crippen LogP contribution in [0.4, 0.5) is 0 Å². The molecule has 9 heteroatoms. The molecule has 0 fully saturated rings. The summed E-state index contributed by atoms with van der Waals surface area (Å²) < 4.78 is 25.3. The highest BCUT2D eigenvalue weighted by molar-refractivity contribution is 8.13. The monoisotopic (exact) mass is 394 g/mol. The lowest BCUT2D eigenvalue weighted by Crippen LogP contribution is -2.05. The average molecular weight is 395 g/mol. The molecule has 0 amide bonds. The first-order chi connectivity index (χ1) is 11.8. The molecule has 0 radical (unpaired) electrons. The largest absolute Gasteiger partial charge is 0.379 e. The first-order valence-corrected chi connectivity index (χ1v) is 10.6. The van der Waals surface area contributed by atoms with Gasteiger partial charge in [0.1, 0.15) is 0 Å². The summed E-state index contributed by atoms with van der Waals surface area (Å²) in [4.78, 5) is 0.435. The molecule has 2 aromatic carbocycles. The van der Waals surface area contributed by atoms with Crippen LogP contribution in [-0.2, 0) is 21.3 Å². The molecule has 0 unspecified atom stereocenters. The van der Waals surface area contributed by atoms with Gasteiger partial charge in [-0.25, -0.2) is 8.42 Å². The molecule has 0 bridgehead atoms. The predicted molar refractivity (Wildman–Crippen MR) is 105 cm³/mol. The van der Waals surface area contributed by atoms with E-state index in [2.05, 4.69) is 0 Å². The van der Waals surface area contributed by atoms with Gasteiger partial charge in [0.2, 0.25) is 9.84 Å². The van der Waals surface area contributed by atoms with Crippen molar-refractivity contribution in [1.29, 1.82) is 10.8 Å². The van der Waals surface area contributed by atoms with E-state index in [1.165, 1.54) is 23.5 Å². The van der Waals surface area contributed by atoms with Crippen molar-refractivity contribution in [1.82, 2.24) is 0 Å². The Labute approximate surface area is 155 Å². The van der Waals surface area contributed by atoms with Crippen LogP contribution in [-0.4, -0.2) is 18.8 Å². The Morgan fingerprint density at radius 1 is 0.760 bits per heavy atom. The third-order valence-electron chi connectivity index (χ3n) is 3.26. The topological polar surface area (TPSA) is 134 Å². The van der Waals surface area contributed by atoms with Crippen molar-refractivity contribution in [3.05, 3.63) is 59.7 Å². The van der Waals surface area contributed by atoms with Crippen LogP contribution in [0, 0.1) is 10.8 Å². The van der Waals surface area contributed by atoms with Crippen LogP contribution in [0.2, 0.25) is 0 Å². The molecule has 0 spiro atoms. The lowest BCUT2D eigenvalue weighted by atomic mass is 10.2. The van der Waals surface area contributed by atoms with Crippen molar-refractivity contribution in [2.24, 2.45) is 11.5 Å². The zero-order chi connectivity index (χ0) is 18.4. The fourth-order valence-corrected chi connectivity index (χ4v) is 4.28. The van der Waals surface area contributed by atoms with Crippen molar-refractivity contribution in [2.45, 2.75) is 21.3 Å². The fraction of sp³-hybridized carbons (Fsp3) is 0.125. The Balaban J connectivity index is 2.14. The molecule has 0 aliphatic rings. The number of nitrogens with one attached hydrogen (secondary N) is 2. The molecule has 0 aliphatic carbocycles. The zero-order valence-corrected chi connectivity index (χ0v) is 15.7. The molecule has 0 saturated carbocycles. The molecule has 2 aromatic rings. The standard InChI is InChI=1S/C16H18N4O2S3/c17-15(18)23-9-11-1-5-13(6-2-11)25(21,22)14-7-3-12(4-8-14)10-24-16(19)20/h1-8H,9-10H2,(H3,17,18)(H3,19,20). The third-order valence-corrected chi connectivity index (χ3v) is 6.62. The molecule has 132 valence electrons. The first kappa shape index (κ1) is 19.4. The van der Waals surface area contributed by atoms with Gasteiger partial charge in [0.25, 0.3) is 0 Å². The van der Waals surface area contributed by atoms with E-state index in [4.69, 9.17) is 22.3 Å². The van der Waals surface area contributed by atoms with Gasteiger partial charge in [0.15, 0.2) is 10.3 Å². The summed E-state index contributed by atoms with van der Waals surface area (Å²) in [6.45, 7) is 0. The highest BCUT2D eigenvalue weighted by Gasteiger charge is 2.17. The quantitative estimate of drug-likeness (QED) is 0.440. The number of thioether (sulfide) groups is 2. The molecule has 0 saturated heterocycles. The van der Waals surface area contributed by atoms with Crippen LogP contribution in [0.1, 0.15) is 11.1 Å². The van der Waals surface area contributed by atoms with Crippen LogP contribution in [0.3, 0.4) is 0 Å². The first-order valence-electron chi connectivity index (χ1n) is 7.15. The second-order valence-corrected chi connectivity index (χ2v) is 9.08. The van der Waals surface area contributed by atoms with Gasteiger partial charge in [0.05, 0.1) is 9.79 Å². The Morgan fingerprint density at radius 2 is 1.08 bits per heavy atom. The van der Waals surface area contributed by atoms with Crippen LogP contribution >= 0.6 is 23.5 Å². The van der Waals surface area contributed by atoms with Crippen molar-refractivity contribution in [3.63, 3.8) is 0 Å². The molecular weight excluding hydrogens is 376 g/mol. The van der Waals surface area contributed by atoms with Crippen molar-refractivity contribution in [2.75, 3.05) is 0 Å². The van der Waals surface area contributed by atoms with Gasteiger partial charge in [0, 0.05) is 11.5 Å². The number of hydrogen-bond donors (Lipinski definition) is 4. The maximum absolute atomic E-state index is 12.7. The zero-order valence-electron chi connectivity index (χ0n) is 13.2. The summed E-state index contributed by atoms with van der Waals surface area (Å²) in [5.74, 6) is 1.05. The second-order valence-electron chi connectivity index (χ2n) is 5.10. The number of nitrogens with two attached hydrogens (primary N) is 2. The Morgan fingerprint density at radius 3 is 1.36 bits per heavy atom. The van der Waals surface area contributed by atoms with Crippen molar-refractivity contribution >= 4 is 43.7 Å². The minimum absolute atomic E-state index is 0.0275. The van der Waals surface area contributed by atoms with Gasteiger partial charge >= 0.3 is 0 Å². The highest BCUT2D eigenvalue weighted by Crippen LogP contribution is 2.23. The van der Waals surface area contributed by atoms with Gasteiger partial charge in [-0.05, 0) is 35.4 Å². The minimum Gasteiger partial charge on any atom is -0.379 e. The lowest BCUT2D eigenvalue weighted by molar-refractivity contribution is 0.596. The smallest absolute Gasteiger partial charge is 0.206 e. The van der Waals surface area contributed by atoms with E-state index >= 15 is 0 Å². The fourth-order valence-electron chi connectivity index (χ4n) is 1.99. The van der Waals surface area contributed by atoms with Gasteiger partial charge < -0.3 is 11.5 Å². The number of rotatable bonds is 6. The Kier molecular flexibility index (Phi) is 6.51. The molecule has 6 N–H and O–H groups in total. The van der Waals surface area contributed by atoms with E-state index in [0.29, 0.717) is 11.5 Å². The predicted octanol–water partition coefficient (Wildman–Crippen LogP) is 2.77. The summed E-state index contributed by atoms with van der Waals surface area (Å²) in [6, 6.07) is 13.1. The van der Waals surface area contributed by atoms with Gasteiger partial charge in [-0.1, -0.05) is 47.8 Å². The van der Waals surface area contributed by atoms with Gasteiger partial charge in [-0.15, -0.1) is 0 Å². The molecular formula is C16H18N4O2S3. The summed E-state index contributed by atoms with van der Waals surface area (Å²) in [5.41, 5.74) is 12.4. The lowest BCUT2D eigenvalue weighted by Gasteiger charge is -2.07. The van der Waals surface area contributed by atoms with Crippen LogP contribution < -0.4 is 11.5 Å². The molecule has 0 heterocycles. The Bertz CT molecular complexity index is 796. The number of amidine groups is 2. The van der Waals surface area contributed by atoms with Gasteiger partial charge in [-0.3, -0.25) is 10.8 Å². The van der Waals surface area contributed by atoms with Crippen LogP contribution in [0.15, 0.2) is 58.3 Å². The molecule has 0 aromatic heterocycles. The molecule has 25 heavy (non-hydrogen) atoms. The van der Waals surface area contributed by atoms with E-state index in [1.54, 1.807) is 48.5 Å². The second kappa shape index (κ2) is 8.41. The summed E-state index contributed by atoms with van der Waals surface area (Å²) in [7, 11) is -3.58. The van der Waals surface area contributed by atoms with Crippen LogP contribution in [0.25, 0.3) is 0 Å². The van der Waals surface area contributed by atoms with E-state index in [1.807, 2.05) is 0 Å². The third kappa shape index (κ3) is 5.52. The summed E-state index contributed by atoms with van der Waals surface area (Å²) in [5, 5.41) is 14.4. The number of hydrogen-bond acceptors (Lipinski definition) is 6. The molecule has 2 rings (SSSR count). The molecule has 0 aliphatic heterocycles. The van der Waals surface area contributed by atoms with Crippen molar-refractivity contribution in [3.8, 4) is 0 Å².